The zero-order chi connectivity index (χ0) is 26.0. The third kappa shape index (κ3) is 10.1. The minimum absolute atomic E-state index is 0.215. The van der Waals surface area contributed by atoms with E-state index in [9.17, 15) is 22.8 Å². The first-order valence-corrected chi connectivity index (χ1v) is 12.6. The van der Waals surface area contributed by atoms with Gasteiger partial charge in [0.15, 0.2) is 0 Å². The monoisotopic (exact) mass is 515 g/mol. The van der Waals surface area contributed by atoms with Gasteiger partial charge in [-0.1, -0.05) is 32.1 Å². The first kappa shape index (κ1) is 27.9. The van der Waals surface area contributed by atoms with Gasteiger partial charge in [0.1, 0.15) is 17.9 Å². The van der Waals surface area contributed by atoms with Crippen LogP contribution < -0.4 is 20.7 Å². The second-order valence-corrected chi connectivity index (χ2v) is 9.52. The quantitative estimate of drug-likeness (QED) is 0.416. The number of halogens is 3. The lowest BCUT2D eigenvalue weighted by Crippen LogP contribution is -2.51. The number of carbonyl (C=O) groups excluding carboxylic acids is 2. The van der Waals surface area contributed by atoms with Crippen LogP contribution in [0.2, 0.25) is 0 Å². The van der Waals surface area contributed by atoms with Crippen LogP contribution >= 0.6 is 0 Å². The molecule has 2 atom stereocenters. The molecular weight excluding hydrogens is 479 g/mol. The van der Waals surface area contributed by atoms with Gasteiger partial charge in [-0.25, -0.2) is 4.79 Å². The summed E-state index contributed by atoms with van der Waals surface area (Å²) in [6.07, 6.45) is 1.78. The maximum absolute atomic E-state index is 13.1. The first-order chi connectivity index (χ1) is 17.2. The van der Waals surface area contributed by atoms with Crippen LogP contribution in [0.1, 0.15) is 58.3 Å². The SMILES string of the molecule is C[C@@H](CNc1ccc(OC(F)(F)F)cc1)NC(=O)[C@H](CC1CCCCC1)NC(=O)OC1CCOCC1. The Labute approximate surface area is 209 Å². The summed E-state index contributed by atoms with van der Waals surface area (Å²) in [6.45, 7) is 3.25. The van der Waals surface area contributed by atoms with E-state index in [0.29, 0.717) is 50.6 Å². The normalized spacial score (nSPS) is 19.1. The molecule has 8 nitrogen and oxygen atoms in total. The molecule has 3 N–H and O–H groups in total. The zero-order valence-electron chi connectivity index (χ0n) is 20.6. The van der Waals surface area contributed by atoms with Gasteiger partial charge in [0.2, 0.25) is 5.91 Å². The summed E-state index contributed by atoms with van der Waals surface area (Å²) in [5.41, 5.74) is 0.586. The highest BCUT2D eigenvalue weighted by Gasteiger charge is 2.31. The van der Waals surface area contributed by atoms with E-state index in [2.05, 4.69) is 20.7 Å². The van der Waals surface area contributed by atoms with E-state index in [1.165, 1.54) is 30.7 Å². The van der Waals surface area contributed by atoms with Crippen LogP contribution in [0.4, 0.5) is 23.7 Å². The Balaban J connectivity index is 1.50. The van der Waals surface area contributed by atoms with Crippen LogP contribution in [0.15, 0.2) is 24.3 Å². The highest BCUT2D eigenvalue weighted by atomic mass is 19.4. The summed E-state index contributed by atoms with van der Waals surface area (Å²) >= 11 is 0. The van der Waals surface area contributed by atoms with Crippen molar-refractivity contribution in [3.8, 4) is 5.75 Å². The fourth-order valence-corrected chi connectivity index (χ4v) is 4.55. The maximum atomic E-state index is 13.1. The molecule has 1 aromatic carbocycles. The molecule has 0 bridgehead atoms. The molecule has 1 aliphatic heterocycles. The van der Waals surface area contributed by atoms with Crippen molar-refractivity contribution < 1.29 is 37.0 Å². The van der Waals surface area contributed by atoms with Crippen molar-refractivity contribution in [2.75, 3.05) is 25.1 Å². The number of amides is 2. The molecule has 1 saturated heterocycles. The summed E-state index contributed by atoms with van der Waals surface area (Å²) in [4.78, 5) is 25.6. The van der Waals surface area contributed by atoms with Crippen LogP contribution in [0, 0.1) is 5.92 Å². The Kier molecular flexibility index (Phi) is 10.5. The number of alkyl halides is 3. The fraction of sp³-hybridized carbons (Fsp3) is 0.680. The Hall–Kier alpha value is -2.69. The first-order valence-electron chi connectivity index (χ1n) is 12.6. The zero-order valence-corrected chi connectivity index (χ0v) is 20.6. The van der Waals surface area contributed by atoms with Crippen molar-refractivity contribution >= 4 is 17.7 Å². The molecule has 2 aliphatic rings. The Bertz CT molecular complexity index is 825. The third-order valence-electron chi connectivity index (χ3n) is 6.43. The molecule has 0 spiro atoms. The van der Waals surface area contributed by atoms with E-state index < -0.39 is 18.5 Å². The number of ether oxygens (including phenoxy) is 3. The van der Waals surface area contributed by atoms with Gasteiger partial charge in [0.05, 0.1) is 13.2 Å². The lowest BCUT2D eigenvalue weighted by Gasteiger charge is -2.28. The summed E-state index contributed by atoms with van der Waals surface area (Å²) in [6, 6.07) is 4.36. The molecule has 2 amide bonds. The predicted molar refractivity (Wildman–Crippen MR) is 128 cm³/mol. The van der Waals surface area contributed by atoms with E-state index in [1.54, 1.807) is 0 Å². The van der Waals surface area contributed by atoms with Gasteiger partial charge < -0.3 is 30.2 Å². The molecule has 1 heterocycles. The van der Waals surface area contributed by atoms with Crippen molar-refractivity contribution in [2.45, 2.75) is 82.8 Å². The predicted octanol–water partition coefficient (Wildman–Crippen LogP) is 4.75. The average Bonchev–Trinajstić information content (AvgIpc) is 2.83. The van der Waals surface area contributed by atoms with E-state index in [4.69, 9.17) is 9.47 Å². The topological polar surface area (TPSA) is 97.9 Å². The van der Waals surface area contributed by atoms with Crippen molar-refractivity contribution in [2.24, 2.45) is 5.92 Å². The van der Waals surface area contributed by atoms with Gasteiger partial charge in [-0.15, -0.1) is 13.2 Å². The summed E-state index contributed by atoms with van der Waals surface area (Å²) in [7, 11) is 0. The lowest BCUT2D eigenvalue weighted by molar-refractivity contribution is -0.274. The van der Waals surface area contributed by atoms with Crippen molar-refractivity contribution in [3.05, 3.63) is 24.3 Å². The number of nitrogens with one attached hydrogen (secondary N) is 3. The fourth-order valence-electron chi connectivity index (χ4n) is 4.55. The number of hydrogen-bond acceptors (Lipinski definition) is 6. The standard InChI is InChI=1S/C25H36F3N3O5/c1-17(16-29-19-7-9-21(10-8-19)36-25(26,27)28)30-23(32)22(15-18-5-3-2-4-6-18)31-24(33)35-20-11-13-34-14-12-20/h7-10,17-18,20,22,29H,2-6,11-16H2,1H3,(H,30,32)(H,31,33)/t17-,22-/m0/s1. The maximum Gasteiger partial charge on any atom is 0.573 e. The minimum atomic E-state index is -4.74. The van der Waals surface area contributed by atoms with Crippen molar-refractivity contribution in [1.82, 2.24) is 10.6 Å². The van der Waals surface area contributed by atoms with E-state index in [1.807, 2.05) is 6.92 Å². The number of hydrogen-bond donors (Lipinski definition) is 3. The molecular formula is C25H36F3N3O5. The summed E-state index contributed by atoms with van der Waals surface area (Å²) in [5, 5.41) is 8.78. The summed E-state index contributed by atoms with van der Waals surface area (Å²) < 4.78 is 51.6. The molecule has 0 aromatic heterocycles. The molecule has 3 rings (SSSR count). The average molecular weight is 516 g/mol. The van der Waals surface area contributed by atoms with E-state index >= 15 is 0 Å². The van der Waals surface area contributed by atoms with Gasteiger partial charge in [0.25, 0.3) is 0 Å². The van der Waals surface area contributed by atoms with Crippen LogP contribution in [0.3, 0.4) is 0 Å². The number of rotatable bonds is 10. The lowest BCUT2D eigenvalue weighted by atomic mass is 9.84. The summed E-state index contributed by atoms with van der Waals surface area (Å²) in [5.74, 6) is -0.227. The largest absolute Gasteiger partial charge is 0.573 e. The third-order valence-corrected chi connectivity index (χ3v) is 6.43. The molecule has 1 aromatic rings. The molecule has 36 heavy (non-hydrogen) atoms. The second kappa shape index (κ2) is 13.6. The van der Waals surface area contributed by atoms with Gasteiger partial charge >= 0.3 is 12.5 Å². The smallest absolute Gasteiger partial charge is 0.446 e. The van der Waals surface area contributed by atoms with Gasteiger partial charge in [-0.3, -0.25) is 4.79 Å². The van der Waals surface area contributed by atoms with Crippen LogP contribution in [-0.4, -0.2) is 56.3 Å². The highest BCUT2D eigenvalue weighted by molar-refractivity contribution is 5.85. The Morgan fingerprint density at radius 1 is 1.03 bits per heavy atom. The molecule has 0 radical (unpaired) electrons. The Morgan fingerprint density at radius 2 is 1.69 bits per heavy atom. The van der Waals surface area contributed by atoms with Gasteiger partial charge in [-0.2, -0.15) is 0 Å². The van der Waals surface area contributed by atoms with E-state index in [0.717, 1.165) is 25.7 Å². The number of benzene rings is 1. The van der Waals surface area contributed by atoms with Crippen LogP contribution in [0.25, 0.3) is 0 Å². The van der Waals surface area contributed by atoms with Crippen LogP contribution in [-0.2, 0) is 14.3 Å². The van der Waals surface area contributed by atoms with Crippen molar-refractivity contribution in [3.63, 3.8) is 0 Å². The van der Waals surface area contributed by atoms with Crippen molar-refractivity contribution in [1.29, 1.82) is 0 Å². The number of alkyl carbamates (subject to hydrolysis) is 1. The molecule has 1 saturated carbocycles. The molecule has 202 valence electrons. The molecule has 11 heteroatoms. The molecule has 1 aliphatic carbocycles. The van der Waals surface area contributed by atoms with Gasteiger partial charge in [-0.05, 0) is 43.5 Å². The molecule has 2 fully saturated rings. The van der Waals surface area contributed by atoms with Crippen LogP contribution in [0.5, 0.6) is 5.75 Å². The molecule has 0 unspecified atom stereocenters. The highest BCUT2D eigenvalue weighted by Crippen LogP contribution is 2.28. The van der Waals surface area contributed by atoms with Gasteiger partial charge in [0, 0.05) is 31.1 Å². The van der Waals surface area contributed by atoms with E-state index in [-0.39, 0.29) is 23.8 Å². The Morgan fingerprint density at radius 3 is 2.33 bits per heavy atom. The number of carbonyl (C=O) groups is 2. The second-order valence-electron chi connectivity index (χ2n) is 9.52. The number of anilines is 1. The minimum Gasteiger partial charge on any atom is -0.446 e.